The summed E-state index contributed by atoms with van der Waals surface area (Å²) in [7, 11) is 1.65. The van der Waals surface area contributed by atoms with Gasteiger partial charge in [0.2, 0.25) is 0 Å². The van der Waals surface area contributed by atoms with Crippen LogP contribution < -0.4 is 5.32 Å². The zero-order chi connectivity index (χ0) is 15.9. The number of carbonyl (C=O) groups is 1. The molecule has 0 spiro atoms. The molecule has 1 fully saturated rings. The van der Waals surface area contributed by atoms with Gasteiger partial charge in [-0.25, -0.2) is 4.79 Å². The van der Waals surface area contributed by atoms with E-state index in [0.717, 1.165) is 22.0 Å². The van der Waals surface area contributed by atoms with Crippen molar-refractivity contribution in [2.75, 3.05) is 7.11 Å². The van der Waals surface area contributed by atoms with Crippen molar-refractivity contribution in [1.29, 1.82) is 0 Å². The van der Waals surface area contributed by atoms with Crippen molar-refractivity contribution in [3.63, 3.8) is 0 Å². The molecule has 1 aliphatic rings. The average molecular weight is 417 g/mol. The van der Waals surface area contributed by atoms with Crippen LogP contribution in [-0.4, -0.2) is 25.3 Å². The molecule has 2 rings (SSSR count). The lowest BCUT2D eigenvalue weighted by Gasteiger charge is -2.27. The second-order valence-corrected chi connectivity index (χ2v) is 6.93. The van der Waals surface area contributed by atoms with Crippen LogP contribution in [0.4, 0.5) is 4.79 Å². The van der Waals surface area contributed by atoms with E-state index in [2.05, 4.69) is 27.9 Å². The quantitative estimate of drug-likeness (QED) is 0.722. The molecular weight excluding hydrogens is 393 g/mol. The van der Waals surface area contributed by atoms with Gasteiger partial charge in [0.05, 0.1) is 0 Å². The van der Waals surface area contributed by atoms with Crippen molar-refractivity contribution < 1.29 is 14.3 Å². The van der Waals surface area contributed by atoms with Gasteiger partial charge < -0.3 is 14.8 Å². The highest BCUT2D eigenvalue weighted by molar-refractivity contribution is 14.1. The lowest BCUT2D eigenvalue weighted by atomic mass is 9.96. The maximum absolute atomic E-state index is 12.1. The van der Waals surface area contributed by atoms with E-state index in [1.807, 2.05) is 31.2 Å². The molecule has 0 heterocycles. The summed E-state index contributed by atoms with van der Waals surface area (Å²) in [6, 6.07) is 8.25. The molecule has 4 nitrogen and oxygen atoms in total. The maximum atomic E-state index is 12.1. The first-order valence-corrected chi connectivity index (χ1v) is 8.94. The lowest BCUT2D eigenvalue weighted by molar-refractivity contribution is -0.0163. The highest BCUT2D eigenvalue weighted by Gasteiger charge is 2.25. The second kappa shape index (κ2) is 8.72. The Morgan fingerprint density at radius 3 is 2.59 bits per heavy atom. The first-order chi connectivity index (χ1) is 10.6. The number of amides is 1. The first kappa shape index (κ1) is 17.5. The van der Waals surface area contributed by atoms with Crippen molar-refractivity contribution in [3.8, 4) is 0 Å². The van der Waals surface area contributed by atoms with Gasteiger partial charge in [-0.2, -0.15) is 0 Å². The van der Waals surface area contributed by atoms with Crippen LogP contribution in [0.25, 0.3) is 0 Å². The number of hydrogen-bond donors (Lipinski definition) is 1. The van der Waals surface area contributed by atoms with Gasteiger partial charge in [-0.3, -0.25) is 0 Å². The highest BCUT2D eigenvalue weighted by atomic mass is 127. The van der Waals surface area contributed by atoms with Gasteiger partial charge >= 0.3 is 6.09 Å². The van der Waals surface area contributed by atoms with Gasteiger partial charge in [0, 0.05) is 16.7 Å². The van der Waals surface area contributed by atoms with Crippen LogP contribution in [0.3, 0.4) is 0 Å². The van der Waals surface area contributed by atoms with Gasteiger partial charge in [-0.05, 0) is 54.0 Å². The van der Waals surface area contributed by atoms with Gasteiger partial charge in [0.1, 0.15) is 12.2 Å². The molecule has 0 unspecified atom stereocenters. The highest BCUT2D eigenvalue weighted by Crippen LogP contribution is 2.27. The third-order valence-corrected chi connectivity index (χ3v) is 5.09. The maximum Gasteiger partial charge on any atom is 0.407 e. The molecular formula is C17H24INO3. The number of methoxy groups -OCH3 is 1. The topological polar surface area (TPSA) is 47.6 Å². The molecule has 1 amide bonds. The molecule has 1 aromatic carbocycles. The van der Waals surface area contributed by atoms with Crippen LogP contribution in [0.1, 0.15) is 50.7 Å². The minimum atomic E-state index is -0.343. The van der Waals surface area contributed by atoms with Crippen LogP contribution in [0.5, 0.6) is 0 Å². The van der Waals surface area contributed by atoms with Crippen LogP contribution in [0, 0.1) is 3.57 Å². The zero-order valence-electron chi connectivity index (χ0n) is 13.2. The van der Waals surface area contributed by atoms with Crippen molar-refractivity contribution >= 4 is 28.7 Å². The Morgan fingerprint density at radius 2 is 1.95 bits per heavy atom. The number of halogens is 1. The Hall–Kier alpha value is -0.820. The van der Waals surface area contributed by atoms with E-state index in [-0.39, 0.29) is 24.3 Å². The molecule has 1 aromatic rings. The molecule has 122 valence electrons. The van der Waals surface area contributed by atoms with Gasteiger partial charge in [-0.1, -0.05) is 37.5 Å². The Morgan fingerprint density at radius 1 is 1.27 bits per heavy atom. The number of alkyl carbamates (subject to hydrolysis) is 1. The summed E-state index contributed by atoms with van der Waals surface area (Å²) in [6.07, 6.45) is 4.79. The average Bonchev–Trinajstić information content (AvgIpc) is 2.50. The van der Waals surface area contributed by atoms with Crippen molar-refractivity contribution in [3.05, 3.63) is 33.4 Å². The number of carbonyl (C=O) groups excluding carboxylic acids is 1. The molecule has 1 N–H and O–H groups in total. The van der Waals surface area contributed by atoms with E-state index >= 15 is 0 Å². The predicted octanol–water partition coefficient (Wildman–Crippen LogP) is 4.43. The fourth-order valence-corrected chi connectivity index (χ4v) is 3.65. The third-order valence-electron chi connectivity index (χ3n) is 4.11. The van der Waals surface area contributed by atoms with Crippen LogP contribution in [0.15, 0.2) is 24.3 Å². The minimum absolute atomic E-state index is 0.256. The molecule has 1 saturated carbocycles. The summed E-state index contributed by atoms with van der Waals surface area (Å²) < 4.78 is 12.2. The number of rotatable bonds is 5. The summed E-state index contributed by atoms with van der Waals surface area (Å²) >= 11 is 2.27. The van der Waals surface area contributed by atoms with Crippen molar-refractivity contribution in [2.24, 2.45) is 0 Å². The van der Waals surface area contributed by atoms with Crippen LogP contribution in [0.2, 0.25) is 0 Å². The summed E-state index contributed by atoms with van der Waals surface area (Å²) in [5.41, 5.74) is 1.04. The van der Waals surface area contributed by atoms with Gasteiger partial charge in [-0.15, -0.1) is 0 Å². The number of ether oxygens (including phenoxy) is 2. The normalized spacial score (nSPS) is 18.5. The molecule has 1 aliphatic carbocycles. The summed E-state index contributed by atoms with van der Waals surface area (Å²) in [5.74, 6) is 0. The fourth-order valence-electron chi connectivity index (χ4n) is 2.96. The van der Waals surface area contributed by atoms with E-state index in [4.69, 9.17) is 9.47 Å². The van der Waals surface area contributed by atoms with E-state index in [1.54, 1.807) is 7.11 Å². The summed E-state index contributed by atoms with van der Waals surface area (Å²) in [5, 5.41) is 2.98. The van der Waals surface area contributed by atoms with Gasteiger partial charge in [0.15, 0.2) is 0 Å². The second-order valence-electron chi connectivity index (χ2n) is 5.77. The Kier molecular flexibility index (Phi) is 6.95. The summed E-state index contributed by atoms with van der Waals surface area (Å²) in [4.78, 5) is 12.1. The Bertz CT molecular complexity index is 489. The van der Waals surface area contributed by atoms with E-state index in [0.29, 0.717) is 0 Å². The Balaban J connectivity index is 1.92. The van der Waals surface area contributed by atoms with Crippen LogP contribution in [-0.2, 0) is 9.47 Å². The molecule has 22 heavy (non-hydrogen) atoms. The molecule has 0 saturated heterocycles. The monoisotopic (exact) mass is 417 g/mol. The third kappa shape index (κ3) is 4.84. The molecule has 0 radical (unpaired) electrons. The standard InChI is InChI=1S/C17H24INO3/c1-12(16(21-2)14-10-6-7-11-15(14)18)22-17(20)19-13-8-4-3-5-9-13/h6-7,10-13,16H,3-5,8-9H2,1-2H3,(H,19,20)/t12-,16+/m0/s1. The van der Waals surface area contributed by atoms with Crippen LogP contribution >= 0.6 is 22.6 Å². The molecule has 0 aliphatic heterocycles. The largest absolute Gasteiger partial charge is 0.443 e. The predicted molar refractivity (Wildman–Crippen MR) is 94.9 cm³/mol. The van der Waals surface area contributed by atoms with E-state index in [9.17, 15) is 4.79 Å². The molecule has 0 aromatic heterocycles. The zero-order valence-corrected chi connectivity index (χ0v) is 15.3. The number of nitrogens with one attached hydrogen (secondary N) is 1. The number of benzene rings is 1. The SMILES string of the molecule is CO[C@@H](c1ccccc1I)[C@H](C)OC(=O)NC1CCCCC1. The van der Waals surface area contributed by atoms with Gasteiger partial charge in [0.25, 0.3) is 0 Å². The fraction of sp³-hybridized carbons (Fsp3) is 0.588. The number of hydrogen-bond acceptors (Lipinski definition) is 3. The van der Waals surface area contributed by atoms with E-state index in [1.165, 1.54) is 19.3 Å². The summed E-state index contributed by atoms with van der Waals surface area (Å²) in [6.45, 7) is 1.87. The van der Waals surface area contributed by atoms with E-state index < -0.39 is 0 Å². The molecule has 2 atom stereocenters. The molecule has 0 bridgehead atoms. The lowest BCUT2D eigenvalue weighted by Crippen LogP contribution is -2.39. The Labute approximate surface area is 146 Å². The smallest absolute Gasteiger partial charge is 0.407 e. The van der Waals surface area contributed by atoms with Crippen molar-refractivity contribution in [1.82, 2.24) is 5.32 Å². The van der Waals surface area contributed by atoms with Crippen molar-refractivity contribution in [2.45, 2.75) is 57.3 Å². The molecule has 5 heteroatoms. The first-order valence-electron chi connectivity index (χ1n) is 7.86. The minimum Gasteiger partial charge on any atom is -0.443 e.